The zero-order valence-electron chi connectivity index (χ0n) is 12.8. The third-order valence-corrected chi connectivity index (χ3v) is 3.46. The third-order valence-electron chi connectivity index (χ3n) is 3.46. The number of nitriles is 1. The molecule has 1 aliphatic heterocycles. The van der Waals surface area contributed by atoms with Gasteiger partial charge in [0.2, 0.25) is 0 Å². The standard InChI is InChI=1S/C16H23N3O2/c1-18(2)12-15-13-19(7-9-20-15)8-10-21-16-6-4-3-5-14(16)11-17/h3-6,15H,7-10,12-13H2,1-2H3/t15-/m0/s1. The first-order valence-electron chi connectivity index (χ1n) is 7.29. The highest BCUT2D eigenvalue weighted by atomic mass is 16.5. The van der Waals surface area contributed by atoms with Crippen molar-refractivity contribution in [3.8, 4) is 11.8 Å². The molecule has 0 saturated carbocycles. The van der Waals surface area contributed by atoms with Gasteiger partial charge in [-0.2, -0.15) is 5.26 Å². The van der Waals surface area contributed by atoms with Crippen molar-refractivity contribution in [3.63, 3.8) is 0 Å². The Morgan fingerprint density at radius 3 is 3.00 bits per heavy atom. The maximum absolute atomic E-state index is 9.02. The van der Waals surface area contributed by atoms with Gasteiger partial charge >= 0.3 is 0 Å². The summed E-state index contributed by atoms with van der Waals surface area (Å²) in [5.74, 6) is 0.665. The van der Waals surface area contributed by atoms with Crippen molar-refractivity contribution in [2.24, 2.45) is 0 Å². The van der Waals surface area contributed by atoms with Gasteiger partial charge in [0, 0.05) is 26.2 Å². The van der Waals surface area contributed by atoms with Crippen LogP contribution in [-0.4, -0.2) is 69.4 Å². The van der Waals surface area contributed by atoms with Crippen LogP contribution in [0.4, 0.5) is 0 Å². The largest absolute Gasteiger partial charge is 0.491 e. The van der Waals surface area contributed by atoms with Crippen LogP contribution in [-0.2, 0) is 4.74 Å². The van der Waals surface area contributed by atoms with Crippen LogP contribution in [0, 0.1) is 11.3 Å². The minimum atomic E-state index is 0.264. The van der Waals surface area contributed by atoms with Crippen molar-refractivity contribution in [2.45, 2.75) is 6.10 Å². The first kappa shape index (κ1) is 15.8. The van der Waals surface area contributed by atoms with Crippen LogP contribution in [0.2, 0.25) is 0 Å². The molecule has 0 aliphatic carbocycles. The van der Waals surface area contributed by atoms with Crippen molar-refractivity contribution in [2.75, 3.05) is 53.5 Å². The summed E-state index contributed by atoms with van der Waals surface area (Å²) >= 11 is 0. The molecule has 2 rings (SSSR count). The van der Waals surface area contributed by atoms with E-state index >= 15 is 0 Å². The number of likely N-dealkylation sites (N-methyl/N-ethyl adjacent to an activating group) is 1. The lowest BCUT2D eigenvalue weighted by molar-refractivity contribution is -0.0405. The molecule has 1 aromatic rings. The maximum Gasteiger partial charge on any atom is 0.137 e. The molecule has 0 amide bonds. The molecule has 0 spiro atoms. The van der Waals surface area contributed by atoms with E-state index in [-0.39, 0.29) is 6.10 Å². The van der Waals surface area contributed by atoms with Crippen molar-refractivity contribution < 1.29 is 9.47 Å². The molecule has 0 N–H and O–H groups in total. The first-order chi connectivity index (χ1) is 10.2. The minimum absolute atomic E-state index is 0.264. The molecule has 0 unspecified atom stereocenters. The van der Waals surface area contributed by atoms with Crippen LogP contribution in [0.3, 0.4) is 0 Å². The summed E-state index contributed by atoms with van der Waals surface area (Å²) in [7, 11) is 4.12. The van der Waals surface area contributed by atoms with E-state index in [1.165, 1.54) is 0 Å². The van der Waals surface area contributed by atoms with Crippen LogP contribution in [0.15, 0.2) is 24.3 Å². The topological polar surface area (TPSA) is 48.7 Å². The zero-order valence-corrected chi connectivity index (χ0v) is 12.8. The zero-order chi connectivity index (χ0) is 15.1. The molecule has 5 heteroatoms. The molecule has 1 fully saturated rings. The van der Waals surface area contributed by atoms with E-state index < -0.39 is 0 Å². The molecule has 1 saturated heterocycles. The lowest BCUT2D eigenvalue weighted by Crippen LogP contribution is -2.47. The van der Waals surface area contributed by atoms with Crippen molar-refractivity contribution in [1.29, 1.82) is 5.26 Å². The van der Waals surface area contributed by atoms with Gasteiger partial charge in [0.15, 0.2) is 0 Å². The molecule has 114 valence electrons. The van der Waals surface area contributed by atoms with E-state index in [0.29, 0.717) is 17.9 Å². The van der Waals surface area contributed by atoms with Crippen molar-refractivity contribution >= 4 is 0 Å². The number of benzene rings is 1. The average Bonchev–Trinajstić information content (AvgIpc) is 2.47. The second-order valence-corrected chi connectivity index (χ2v) is 5.51. The number of ether oxygens (including phenoxy) is 2. The van der Waals surface area contributed by atoms with Gasteiger partial charge in [-0.15, -0.1) is 0 Å². The summed E-state index contributed by atoms with van der Waals surface area (Å²) in [5, 5.41) is 9.02. The lowest BCUT2D eigenvalue weighted by atomic mass is 10.2. The van der Waals surface area contributed by atoms with Gasteiger partial charge in [-0.05, 0) is 26.2 Å². The van der Waals surface area contributed by atoms with E-state index in [1.807, 2.05) is 18.2 Å². The second kappa shape index (κ2) is 7.99. The monoisotopic (exact) mass is 289 g/mol. The Balaban J connectivity index is 1.77. The van der Waals surface area contributed by atoms with Crippen LogP contribution in [0.1, 0.15) is 5.56 Å². The first-order valence-corrected chi connectivity index (χ1v) is 7.29. The van der Waals surface area contributed by atoms with E-state index in [0.717, 1.165) is 32.8 Å². The molecule has 1 aromatic carbocycles. The van der Waals surface area contributed by atoms with Gasteiger partial charge in [-0.25, -0.2) is 0 Å². The number of hydrogen-bond acceptors (Lipinski definition) is 5. The van der Waals surface area contributed by atoms with E-state index in [4.69, 9.17) is 14.7 Å². The van der Waals surface area contributed by atoms with E-state index in [9.17, 15) is 0 Å². The third kappa shape index (κ3) is 5.01. The molecule has 21 heavy (non-hydrogen) atoms. The maximum atomic E-state index is 9.02. The highest BCUT2D eigenvalue weighted by Crippen LogP contribution is 2.16. The van der Waals surface area contributed by atoms with Gasteiger partial charge in [-0.3, -0.25) is 4.90 Å². The second-order valence-electron chi connectivity index (χ2n) is 5.51. The van der Waals surface area contributed by atoms with Crippen molar-refractivity contribution in [1.82, 2.24) is 9.80 Å². The smallest absolute Gasteiger partial charge is 0.137 e. The number of morpholine rings is 1. The lowest BCUT2D eigenvalue weighted by Gasteiger charge is -2.34. The summed E-state index contributed by atoms with van der Waals surface area (Å²) in [6.45, 7) is 5.02. The van der Waals surface area contributed by atoms with Crippen molar-refractivity contribution in [3.05, 3.63) is 29.8 Å². The van der Waals surface area contributed by atoms with E-state index in [1.54, 1.807) is 6.07 Å². The Morgan fingerprint density at radius 2 is 2.24 bits per heavy atom. The van der Waals surface area contributed by atoms with Crippen LogP contribution < -0.4 is 4.74 Å². The Hall–Kier alpha value is -1.61. The van der Waals surface area contributed by atoms with Gasteiger partial charge < -0.3 is 14.4 Å². The Labute approximate surface area is 126 Å². The fourth-order valence-corrected chi connectivity index (χ4v) is 2.47. The summed E-state index contributed by atoms with van der Waals surface area (Å²) in [5.41, 5.74) is 0.588. The molecule has 1 heterocycles. The molecule has 1 aliphatic rings. The normalized spacial score (nSPS) is 19.4. The summed E-state index contributed by atoms with van der Waals surface area (Å²) in [4.78, 5) is 4.50. The van der Waals surface area contributed by atoms with Crippen LogP contribution in [0.25, 0.3) is 0 Å². The van der Waals surface area contributed by atoms with Gasteiger partial charge in [0.05, 0.1) is 18.3 Å². The van der Waals surface area contributed by atoms with Crippen LogP contribution in [0.5, 0.6) is 5.75 Å². The van der Waals surface area contributed by atoms with Gasteiger partial charge in [0.25, 0.3) is 0 Å². The predicted molar refractivity (Wildman–Crippen MR) is 81.4 cm³/mol. The number of rotatable bonds is 6. The Morgan fingerprint density at radius 1 is 1.43 bits per heavy atom. The predicted octanol–water partition coefficient (Wildman–Crippen LogP) is 1.20. The molecular formula is C16H23N3O2. The minimum Gasteiger partial charge on any atom is -0.491 e. The fraction of sp³-hybridized carbons (Fsp3) is 0.562. The van der Waals surface area contributed by atoms with Crippen LogP contribution >= 0.6 is 0 Å². The quantitative estimate of drug-likeness (QED) is 0.787. The Bertz CT molecular complexity index is 485. The highest BCUT2D eigenvalue weighted by Gasteiger charge is 2.20. The Kier molecular flexibility index (Phi) is 6.00. The number of nitrogens with zero attached hydrogens (tertiary/aromatic N) is 3. The fourth-order valence-electron chi connectivity index (χ4n) is 2.47. The SMILES string of the molecule is CN(C)C[C@H]1CN(CCOc2ccccc2C#N)CCO1. The molecule has 0 aromatic heterocycles. The average molecular weight is 289 g/mol. The van der Waals surface area contributed by atoms with E-state index in [2.05, 4.69) is 30.0 Å². The summed E-state index contributed by atoms with van der Waals surface area (Å²) in [6.07, 6.45) is 0.264. The summed E-state index contributed by atoms with van der Waals surface area (Å²) in [6, 6.07) is 9.50. The number of hydrogen-bond donors (Lipinski definition) is 0. The van der Waals surface area contributed by atoms with Gasteiger partial charge in [-0.1, -0.05) is 12.1 Å². The molecule has 0 radical (unpaired) electrons. The van der Waals surface area contributed by atoms with Gasteiger partial charge in [0.1, 0.15) is 18.4 Å². The molecule has 1 atom stereocenters. The molecule has 0 bridgehead atoms. The number of para-hydroxylation sites is 1. The molecule has 5 nitrogen and oxygen atoms in total. The highest BCUT2D eigenvalue weighted by molar-refractivity contribution is 5.42. The molecular weight excluding hydrogens is 266 g/mol. The summed E-state index contributed by atoms with van der Waals surface area (Å²) < 4.78 is 11.5.